The number of fused-ring (bicyclic) bond motifs is 1. The van der Waals surface area contributed by atoms with Gasteiger partial charge in [0.05, 0.1) is 35.2 Å². The number of hydrogen-bond donors (Lipinski definition) is 0. The number of esters is 1. The molecular formula is C22H22N4O3S. The molecule has 4 rings (SSSR count). The smallest absolute Gasteiger partial charge is 0.338 e. The number of aromatic nitrogens is 3. The van der Waals surface area contributed by atoms with E-state index in [1.165, 1.54) is 18.4 Å². The van der Waals surface area contributed by atoms with Crippen molar-refractivity contribution in [2.24, 2.45) is 4.99 Å². The lowest BCUT2D eigenvalue weighted by Crippen LogP contribution is -2.39. The molecular weight excluding hydrogens is 400 g/mol. The average Bonchev–Trinajstić information content (AvgIpc) is 3.26. The molecule has 2 aromatic heterocycles. The molecule has 0 spiro atoms. The highest BCUT2D eigenvalue weighted by Gasteiger charge is 2.32. The Balaban J connectivity index is 1.97. The number of hydrogen-bond acceptors (Lipinski definition) is 6. The van der Waals surface area contributed by atoms with Crippen molar-refractivity contribution in [3.63, 3.8) is 0 Å². The average molecular weight is 423 g/mol. The second-order valence-corrected chi connectivity index (χ2v) is 7.99. The number of nitrogens with zero attached hydrogens (tertiary/aromatic N) is 4. The number of benzene rings is 1. The van der Waals surface area contributed by atoms with Gasteiger partial charge >= 0.3 is 5.97 Å². The molecule has 1 aliphatic heterocycles. The minimum Gasteiger partial charge on any atom is -0.466 e. The summed E-state index contributed by atoms with van der Waals surface area (Å²) in [4.78, 5) is 31.1. The van der Waals surface area contributed by atoms with Crippen molar-refractivity contribution in [2.75, 3.05) is 7.11 Å². The molecule has 0 unspecified atom stereocenters. The maximum Gasteiger partial charge on any atom is 0.338 e. The quantitative estimate of drug-likeness (QED) is 0.602. The van der Waals surface area contributed by atoms with Crippen LogP contribution < -0.4 is 14.9 Å². The highest BCUT2D eigenvalue weighted by atomic mass is 32.1. The van der Waals surface area contributed by atoms with E-state index in [1.54, 1.807) is 17.7 Å². The lowest BCUT2D eigenvalue weighted by Gasteiger charge is -2.24. The molecule has 1 aliphatic rings. The Bertz CT molecular complexity index is 1330. The van der Waals surface area contributed by atoms with Gasteiger partial charge in [0.1, 0.15) is 0 Å². The van der Waals surface area contributed by atoms with Crippen molar-refractivity contribution < 1.29 is 9.53 Å². The molecule has 1 aromatic carbocycles. The lowest BCUT2D eigenvalue weighted by atomic mass is 9.96. The standard InChI is InChI=1S/C22H22N4O3S/c1-5-25-14(3)16(12-23-25)11-17-20(27)26-19(15-9-7-6-8-10-15)18(21(28)29-4)13(2)24-22(26)30-17/h6-12,19H,5H2,1-4H3/t19-/m0/s1. The third-order valence-electron chi connectivity index (χ3n) is 5.27. The summed E-state index contributed by atoms with van der Waals surface area (Å²) >= 11 is 1.31. The van der Waals surface area contributed by atoms with Crippen LogP contribution in [0, 0.1) is 6.92 Å². The minimum atomic E-state index is -0.587. The molecule has 3 aromatic rings. The summed E-state index contributed by atoms with van der Waals surface area (Å²) in [6.07, 6.45) is 3.61. The third-order valence-corrected chi connectivity index (χ3v) is 6.25. The highest BCUT2D eigenvalue weighted by Crippen LogP contribution is 2.30. The van der Waals surface area contributed by atoms with Crippen molar-refractivity contribution in [1.29, 1.82) is 0 Å². The predicted molar refractivity (Wildman–Crippen MR) is 115 cm³/mol. The molecule has 0 bridgehead atoms. The van der Waals surface area contributed by atoms with E-state index in [9.17, 15) is 9.59 Å². The van der Waals surface area contributed by atoms with Crippen LogP contribution in [0.15, 0.2) is 57.6 Å². The van der Waals surface area contributed by atoms with Gasteiger partial charge in [-0.3, -0.25) is 14.0 Å². The van der Waals surface area contributed by atoms with Crippen LogP contribution in [-0.2, 0) is 16.1 Å². The van der Waals surface area contributed by atoms with E-state index in [4.69, 9.17) is 4.74 Å². The first-order valence-corrected chi connectivity index (χ1v) is 10.5. The van der Waals surface area contributed by atoms with Crippen molar-refractivity contribution >= 4 is 23.4 Å². The fourth-order valence-electron chi connectivity index (χ4n) is 3.71. The fraction of sp³-hybridized carbons (Fsp3) is 0.273. The molecule has 0 radical (unpaired) electrons. The molecule has 0 N–H and O–H groups in total. The summed E-state index contributed by atoms with van der Waals surface area (Å²) in [7, 11) is 1.34. The van der Waals surface area contributed by atoms with Gasteiger partial charge in [-0.1, -0.05) is 41.7 Å². The van der Waals surface area contributed by atoms with Gasteiger partial charge in [-0.25, -0.2) is 9.79 Å². The maximum absolute atomic E-state index is 13.4. The first-order valence-electron chi connectivity index (χ1n) is 9.64. The first-order chi connectivity index (χ1) is 14.5. The van der Waals surface area contributed by atoms with Gasteiger partial charge < -0.3 is 4.74 Å². The topological polar surface area (TPSA) is 78.5 Å². The molecule has 0 fully saturated rings. The Hall–Kier alpha value is -3.26. The van der Waals surface area contributed by atoms with Crippen molar-refractivity contribution in [1.82, 2.24) is 14.3 Å². The summed E-state index contributed by atoms with van der Waals surface area (Å²) in [5, 5.41) is 4.35. The van der Waals surface area contributed by atoms with Gasteiger partial charge in [0.25, 0.3) is 5.56 Å². The molecule has 0 aliphatic carbocycles. The van der Waals surface area contributed by atoms with Crippen molar-refractivity contribution in [3.8, 4) is 0 Å². The molecule has 8 heteroatoms. The van der Waals surface area contributed by atoms with Crippen LogP contribution >= 0.6 is 11.3 Å². The van der Waals surface area contributed by atoms with Crippen LogP contribution in [0.4, 0.5) is 0 Å². The van der Waals surface area contributed by atoms with Crippen LogP contribution in [0.2, 0.25) is 0 Å². The van der Waals surface area contributed by atoms with Crippen LogP contribution in [0.1, 0.15) is 36.7 Å². The lowest BCUT2D eigenvalue weighted by molar-refractivity contribution is -0.136. The Morgan fingerprint density at radius 1 is 1.27 bits per heavy atom. The summed E-state index contributed by atoms with van der Waals surface area (Å²) in [5.74, 6) is -0.487. The van der Waals surface area contributed by atoms with Gasteiger partial charge in [-0.15, -0.1) is 0 Å². The zero-order chi connectivity index (χ0) is 21.4. The van der Waals surface area contributed by atoms with Crippen molar-refractivity contribution in [2.45, 2.75) is 33.4 Å². The number of carbonyl (C=O) groups is 1. The maximum atomic E-state index is 13.4. The van der Waals surface area contributed by atoms with E-state index in [0.29, 0.717) is 20.6 Å². The number of rotatable bonds is 4. The van der Waals surface area contributed by atoms with Gasteiger partial charge in [0.15, 0.2) is 4.80 Å². The molecule has 3 heterocycles. The zero-order valence-electron chi connectivity index (χ0n) is 17.2. The third kappa shape index (κ3) is 3.23. The highest BCUT2D eigenvalue weighted by molar-refractivity contribution is 7.07. The van der Waals surface area contributed by atoms with E-state index in [1.807, 2.05) is 54.9 Å². The number of methoxy groups -OCH3 is 1. The normalized spacial score (nSPS) is 16.4. The number of allylic oxidation sites excluding steroid dienone is 1. The molecule has 1 atom stereocenters. The summed E-state index contributed by atoms with van der Waals surface area (Å²) in [6.45, 7) is 6.53. The monoisotopic (exact) mass is 422 g/mol. The molecule has 30 heavy (non-hydrogen) atoms. The number of thiazole rings is 1. The largest absolute Gasteiger partial charge is 0.466 e. The van der Waals surface area contributed by atoms with E-state index in [-0.39, 0.29) is 5.56 Å². The van der Waals surface area contributed by atoms with Crippen LogP contribution in [0.5, 0.6) is 0 Å². The Kier molecular flexibility index (Phi) is 5.26. The number of carbonyl (C=O) groups excluding carboxylic acids is 1. The van der Waals surface area contributed by atoms with Crippen LogP contribution in [-0.4, -0.2) is 27.4 Å². The van der Waals surface area contributed by atoms with Gasteiger partial charge in [0.2, 0.25) is 0 Å². The Morgan fingerprint density at radius 2 is 2.00 bits per heavy atom. The summed E-state index contributed by atoms with van der Waals surface area (Å²) in [5.41, 5.74) is 3.45. The second kappa shape index (κ2) is 7.87. The molecule has 0 saturated heterocycles. The Morgan fingerprint density at radius 3 is 2.63 bits per heavy atom. The number of ether oxygens (including phenoxy) is 1. The van der Waals surface area contributed by atoms with Gasteiger partial charge in [0, 0.05) is 17.8 Å². The van der Waals surface area contributed by atoms with Crippen molar-refractivity contribution in [3.05, 3.63) is 84.3 Å². The SMILES string of the molecule is CCn1ncc(C=c2sc3n(c2=O)[C@@H](c2ccccc2)C(C(=O)OC)=C(C)N=3)c1C. The molecule has 154 valence electrons. The van der Waals surface area contributed by atoms with E-state index < -0.39 is 12.0 Å². The zero-order valence-corrected chi connectivity index (χ0v) is 18.1. The van der Waals surface area contributed by atoms with E-state index >= 15 is 0 Å². The van der Waals surface area contributed by atoms with Gasteiger partial charge in [-0.2, -0.15) is 5.10 Å². The summed E-state index contributed by atoms with van der Waals surface area (Å²) < 4.78 is 9.03. The first kappa shape index (κ1) is 20.0. The molecule has 0 amide bonds. The second-order valence-electron chi connectivity index (χ2n) is 6.99. The molecule has 0 saturated carbocycles. The van der Waals surface area contributed by atoms with E-state index in [2.05, 4.69) is 10.1 Å². The summed E-state index contributed by atoms with van der Waals surface area (Å²) in [6, 6.07) is 8.89. The predicted octanol–water partition coefficient (Wildman–Crippen LogP) is 1.93. The minimum absolute atomic E-state index is 0.190. The Labute approximate surface area is 177 Å². The molecule has 7 nitrogen and oxygen atoms in total. The number of aryl methyl sites for hydroxylation is 1. The fourth-order valence-corrected chi connectivity index (χ4v) is 4.74. The van der Waals surface area contributed by atoms with Gasteiger partial charge in [-0.05, 0) is 32.4 Å². The van der Waals surface area contributed by atoms with E-state index in [0.717, 1.165) is 23.4 Å². The van der Waals surface area contributed by atoms with Crippen LogP contribution in [0.3, 0.4) is 0 Å². The van der Waals surface area contributed by atoms with Crippen LogP contribution in [0.25, 0.3) is 6.08 Å².